The lowest BCUT2D eigenvalue weighted by Crippen LogP contribution is -2.52. The number of carbonyl (C=O) groups excluding carboxylic acids is 4. The first-order valence-corrected chi connectivity index (χ1v) is 24.1. The van der Waals surface area contributed by atoms with Gasteiger partial charge >= 0.3 is 0 Å². The smallest absolute Gasteiger partial charge is 0.260 e. The number of hydrogen-bond donors (Lipinski definition) is 1. The molecule has 2 aromatic heterocycles. The van der Waals surface area contributed by atoms with Gasteiger partial charge in [-0.05, 0) is 107 Å². The Balaban J connectivity index is 0.919. The van der Waals surface area contributed by atoms with Crippen molar-refractivity contribution in [3.63, 3.8) is 0 Å². The first-order valence-electron chi connectivity index (χ1n) is 23.7. The summed E-state index contributed by atoms with van der Waals surface area (Å²) in [5.41, 5.74) is 7.76. The van der Waals surface area contributed by atoms with Crippen molar-refractivity contribution in [1.82, 2.24) is 34.4 Å². The fourth-order valence-electron chi connectivity index (χ4n) is 10.1. The number of nitrogens with one attached hydrogen (secondary N) is 1. The molecule has 0 saturated carbocycles. The molecule has 2 saturated heterocycles. The van der Waals surface area contributed by atoms with Gasteiger partial charge in [-0.25, -0.2) is 4.39 Å². The van der Waals surface area contributed by atoms with E-state index in [0.29, 0.717) is 93.0 Å². The number of imide groups is 1. The molecule has 4 amide bonds. The number of rotatable bonds is 15. The Morgan fingerprint density at radius 1 is 0.913 bits per heavy atom. The molecular weight excluding hydrogens is 901 g/mol. The summed E-state index contributed by atoms with van der Waals surface area (Å²) < 4.78 is 37.4. The normalized spacial score (nSPS) is 16.8. The van der Waals surface area contributed by atoms with Gasteiger partial charge in [-0.1, -0.05) is 35.9 Å². The monoisotopic (exact) mass is 959 g/mol. The van der Waals surface area contributed by atoms with Gasteiger partial charge < -0.3 is 28.6 Å². The summed E-state index contributed by atoms with van der Waals surface area (Å²) in [4.78, 5) is 57.0. The van der Waals surface area contributed by atoms with E-state index in [1.165, 1.54) is 22.6 Å². The van der Waals surface area contributed by atoms with Crippen LogP contribution in [0, 0.1) is 19.7 Å². The van der Waals surface area contributed by atoms with Crippen LogP contribution in [-0.4, -0.2) is 110 Å². The molecule has 362 valence electrons. The molecule has 1 atom stereocenters. The molecule has 0 spiro atoms. The highest BCUT2D eigenvalue weighted by Gasteiger charge is 2.40. The molecule has 3 aliphatic rings. The van der Waals surface area contributed by atoms with Crippen molar-refractivity contribution >= 4 is 56.9 Å². The van der Waals surface area contributed by atoms with E-state index < -0.39 is 17.6 Å². The van der Waals surface area contributed by atoms with Crippen LogP contribution in [0.5, 0.6) is 11.5 Å². The SMILES string of the molecule is Cc1nn(C)c(C)c1-c1c(Cl)ccc2c(CCCOc3cccc4cc(F)ccc34)c(COC(C)(C)C)n(CCN3CCN(C(=O)COc4cccc5c4CN(C4CCC(=O)NC4=O)C5=O)CC3)c12. The van der Waals surface area contributed by atoms with Crippen molar-refractivity contribution in [2.45, 2.75) is 91.6 Å². The van der Waals surface area contributed by atoms with Crippen LogP contribution in [0.25, 0.3) is 32.8 Å². The number of amides is 4. The lowest BCUT2D eigenvalue weighted by Gasteiger charge is -2.35. The van der Waals surface area contributed by atoms with Crippen molar-refractivity contribution in [1.29, 1.82) is 0 Å². The highest BCUT2D eigenvalue weighted by molar-refractivity contribution is 6.35. The maximum absolute atomic E-state index is 14.0. The van der Waals surface area contributed by atoms with E-state index in [-0.39, 0.29) is 49.5 Å². The second-order valence-corrected chi connectivity index (χ2v) is 19.6. The summed E-state index contributed by atoms with van der Waals surface area (Å²) in [5.74, 6) is -0.411. The number of piperidine rings is 1. The van der Waals surface area contributed by atoms with E-state index >= 15 is 0 Å². The number of carbonyl (C=O) groups is 4. The quantitative estimate of drug-likeness (QED) is 0.0804. The van der Waals surface area contributed by atoms with Crippen molar-refractivity contribution in [3.05, 3.63) is 111 Å². The Bertz CT molecular complexity index is 2990. The van der Waals surface area contributed by atoms with Gasteiger partial charge in [0.05, 0.1) is 41.6 Å². The minimum Gasteiger partial charge on any atom is -0.493 e. The van der Waals surface area contributed by atoms with Crippen LogP contribution in [-0.2, 0) is 52.3 Å². The molecular formula is C53H59ClFN7O7. The first-order chi connectivity index (χ1) is 33.1. The van der Waals surface area contributed by atoms with E-state index in [2.05, 4.69) is 48.5 Å². The molecule has 1 unspecified atom stereocenters. The minimum absolute atomic E-state index is 0.152. The Hall–Kier alpha value is -6.29. The minimum atomic E-state index is -0.743. The zero-order chi connectivity index (χ0) is 48.7. The van der Waals surface area contributed by atoms with Gasteiger partial charge in [0, 0.05) is 97.2 Å². The molecule has 0 aliphatic carbocycles. The number of fused-ring (bicyclic) bond motifs is 3. The Morgan fingerprint density at radius 2 is 1.67 bits per heavy atom. The molecule has 14 nitrogen and oxygen atoms in total. The van der Waals surface area contributed by atoms with Crippen LogP contribution in [0.15, 0.2) is 66.7 Å². The summed E-state index contributed by atoms with van der Waals surface area (Å²) in [6.45, 7) is 14.8. The molecule has 6 aromatic rings. The van der Waals surface area contributed by atoms with E-state index in [1.807, 2.05) is 47.8 Å². The molecule has 69 heavy (non-hydrogen) atoms. The molecule has 1 N–H and O–H groups in total. The molecule has 0 radical (unpaired) electrons. The molecule has 3 aliphatic heterocycles. The Kier molecular flexibility index (Phi) is 13.6. The number of benzene rings is 4. The van der Waals surface area contributed by atoms with Gasteiger partial charge in [0.15, 0.2) is 6.61 Å². The van der Waals surface area contributed by atoms with Gasteiger partial charge in [0.25, 0.3) is 11.8 Å². The van der Waals surface area contributed by atoms with Gasteiger partial charge in [-0.2, -0.15) is 5.10 Å². The number of aromatic nitrogens is 3. The fourth-order valence-corrected chi connectivity index (χ4v) is 10.3. The average Bonchev–Trinajstić information content (AvgIpc) is 3.90. The van der Waals surface area contributed by atoms with Crippen LogP contribution >= 0.6 is 11.6 Å². The van der Waals surface area contributed by atoms with Crippen LogP contribution in [0.2, 0.25) is 5.02 Å². The maximum atomic E-state index is 14.0. The summed E-state index contributed by atoms with van der Waals surface area (Å²) in [6.07, 6.45) is 1.85. The van der Waals surface area contributed by atoms with Crippen LogP contribution in [0.3, 0.4) is 0 Å². The Labute approximate surface area is 406 Å². The number of hydrogen-bond acceptors (Lipinski definition) is 9. The average molecular weight is 961 g/mol. The highest BCUT2D eigenvalue weighted by Crippen LogP contribution is 2.43. The van der Waals surface area contributed by atoms with Crippen LogP contribution < -0.4 is 14.8 Å². The van der Waals surface area contributed by atoms with E-state index in [4.69, 9.17) is 30.9 Å². The lowest BCUT2D eigenvalue weighted by atomic mass is 9.98. The fraction of sp³-hybridized carbons (Fsp3) is 0.415. The van der Waals surface area contributed by atoms with E-state index in [1.54, 1.807) is 24.3 Å². The number of aryl methyl sites for hydroxylation is 3. The van der Waals surface area contributed by atoms with Crippen molar-refractivity contribution in [2.24, 2.45) is 7.05 Å². The summed E-state index contributed by atoms with van der Waals surface area (Å²) in [6, 6.07) is 18.9. The number of nitrogens with zero attached hydrogens (tertiary/aromatic N) is 6. The predicted molar refractivity (Wildman–Crippen MR) is 262 cm³/mol. The zero-order valence-corrected chi connectivity index (χ0v) is 40.9. The van der Waals surface area contributed by atoms with Gasteiger partial charge in [0.2, 0.25) is 11.8 Å². The molecule has 4 aromatic carbocycles. The summed E-state index contributed by atoms with van der Waals surface area (Å²) in [7, 11) is 1.95. The first kappa shape index (κ1) is 47.8. The van der Waals surface area contributed by atoms with Crippen molar-refractivity contribution in [3.8, 4) is 22.6 Å². The van der Waals surface area contributed by atoms with Gasteiger partial charge in [-0.15, -0.1) is 0 Å². The summed E-state index contributed by atoms with van der Waals surface area (Å²) in [5, 5.41) is 10.5. The number of halogens is 2. The molecule has 2 fully saturated rings. The standard InChI is InChI=1S/C53H59ClFN7O7/c1-32-48(33(2)58(6)57-32)49-41(54)18-17-38-37(12-9-27-67-44-13-7-10-34-28-35(55)15-16-36(34)44)43(30-69-53(3,4)5)61(50(38)49)26-23-59-21-24-60(25-22-59)47(64)31-68-45-14-8-11-39-40(45)29-62(52(39)66)42-19-20-46(63)56-51(42)65/h7-8,10-11,13-18,28,42H,9,12,19-27,29-31H2,1-6H3,(H,56,63,65). The van der Waals surface area contributed by atoms with Crippen molar-refractivity contribution < 1.29 is 37.8 Å². The largest absolute Gasteiger partial charge is 0.493 e. The van der Waals surface area contributed by atoms with Gasteiger partial charge in [-0.3, -0.25) is 34.1 Å². The third-order valence-electron chi connectivity index (χ3n) is 13.7. The van der Waals surface area contributed by atoms with Crippen LogP contribution in [0.4, 0.5) is 4.39 Å². The molecule has 5 heterocycles. The molecule has 0 bridgehead atoms. The van der Waals surface area contributed by atoms with E-state index in [9.17, 15) is 23.6 Å². The van der Waals surface area contributed by atoms with Crippen LogP contribution in [0.1, 0.15) is 78.6 Å². The zero-order valence-electron chi connectivity index (χ0n) is 40.1. The highest BCUT2D eigenvalue weighted by atomic mass is 35.5. The third kappa shape index (κ3) is 9.82. The Morgan fingerprint density at radius 3 is 2.41 bits per heavy atom. The number of ether oxygens (including phenoxy) is 3. The lowest BCUT2D eigenvalue weighted by molar-refractivity contribution is -0.137. The van der Waals surface area contributed by atoms with Crippen molar-refractivity contribution in [2.75, 3.05) is 45.9 Å². The third-order valence-corrected chi connectivity index (χ3v) is 14.0. The van der Waals surface area contributed by atoms with E-state index in [0.717, 1.165) is 49.9 Å². The van der Waals surface area contributed by atoms with Gasteiger partial charge in [0.1, 0.15) is 23.4 Å². The molecule has 9 rings (SSSR count). The summed E-state index contributed by atoms with van der Waals surface area (Å²) >= 11 is 7.24. The predicted octanol–water partition coefficient (Wildman–Crippen LogP) is 7.92. The topological polar surface area (TPSA) is 140 Å². The molecule has 16 heteroatoms. The maximum Gasteiger partial charge on any atom is 0.260 e. The second kappa shape index (κ2) is 19.6. The number of piperazine rings is 1. The second-order valence-electron chi connectivity index (χ2n) is 19.2.